The van der Waals surface area contributed by atoms with Crippen LogP contribution in [0.3, 0.4) is 0 Å². The first kappa shape index (κ1) is 14.6. The highest BCUT2D eigenvalue weighted by Crippen LogP contribution is 2.14. The maximum absolute atomic E-state index is 11.8. The molecular weight excluding hydrogens is 274 g/mol. The largest absolute Gasteiger partial charge is 0.355 e. The van der Waals surface area contributed by atoms with E-state index in [2.05, 4.69) is 15.3 Å². The van der Waals surface area contributed by atoms with Crippen LogP contribution in [0.1, 0.15) is 13.8 Å². The number of aromatic nitrogens is 2. The molecule has 0 aliphatic heterocycles. The van der Waals surface area contributed by atoms with E-state index in [1.807, 2.05) is 19.9 Å². The normalized spacial score (nSPS) is 10.9. The van der Waals surface area contributed by atoms with Crippen LogP contribution in [-0.2, 0) is 4.79 Å². The Labute approximate surface area is 121 Å². The Morgan fingerprint density at radius 2 is 2.15 bits per heavy atom. The molecule has 0 bridgehead atoms. The van der Waals surface area contributed by atoms with Crippen LogP contribution < -0.4 is 10.9 Å². The first-order chi connectivity index (χ1) is 9.56. The molecule has 20 heavy (non-hydrogen) atoms. The van der Waals surface area contributed by atoms with Crippen LogP contribution in [0.15, 0.2) is 34.2 Å². The minimum Gasteiger partial charge on any atom is -0.355 e. The monoisotopic (exact) mass is 291 g/mol. The molecule has 0 unspecified atom stereocenters. The van der Waals surface area contributed by atoms with Gasteiger partial charge in [-0.05, 0) is 18.1 Å². The first-order valence-corrected chi connectivity index (χ1v) is 7.43. The van der Waals surface area contributed by atoms with Crippen LogP contribution >= 0.6 is 11.8 Å². The predicted octanol–water partition coefficient (Wildman–Crippen LogP) is 1.79. The maximum atomic E-state index is 11.8. The molecule has 1 aromatic carbocycles. The van der Waals surface area contributed by atoms with Crippen molar-refractivity contribution < 1.29 is 4.79 Å². The number of carbonyl (C=O) groups is 1. The third-order valence-electron chi connectivity index (χ3n) is 2.64. The second-order valence-electron chi connectivity index (χ2n) is 4.87. The zero-order chi connectivity index (χ0) is 14.5. The number of hydrogen-bond donors (Lipinski definition) is 2. The van der Waals surface area contributed by atoms with E-state index >= 15 is 0 Å². The molecule has 1 aromatic heterocycles. The average molecular weight is 291 g/mol. The van der Waals surface area contributed by atoms with E-state index in [-0.39, 0.29) is 17.2 Å². The Kier molecular flexibility index (Phi) is 4.79. The van der Waals surface area contributed by atoms with Gasteiger partial charge in [0.2, 0.25) is 5.91 Å². The van der Waals surface area contributed by atoms with Crippen molar-refractivity contribution in [3.63, 3.8) is 0 Å². The Morgan fingerprint density at radius 3 is 2.90 bits per heavy atom. The van der Waals surface area contributed by atoms with Gasteiger partial charge in [0, 0.05) is 6.54 Å². The van der Waals surface area contributed by atoms with Crippen LogP contribution in [0, 0.1) is 5.92 Å². The number of aromatic amines is 1. The van der Waals surface area contributed by atoms with E-state index in [0.717, 1.165) is 0 Å². The summed E-state index contributed by atoms with van der Waals surface area (Å²) in [6, 6.07) is 7.14. The van der Waals surface area contributed by atoms with Gasteiger partial charge in [0.1, 0.15) is 0 Å². The fourth-order valence-electron chi connectivity index (χ4n) is 1.64. The lowest BCUT2D eigenvalue weighted by Crippen LogP contribution is -2.28. The number of rotatable bonds is 5. The molecule has 0 saturated heterocycles. The number of thioether (sulfide) groups is 1. The molecular formula is C14H17N3O2S. The summed E-state index contributed by atoms with van der Waals surface area (Å²) in [6.45, 7) is 4.73. The van der Waals surface area contributed by atoms with E-state index in [0.29, 0.717) is 28.5 Å². The number of H-pyrrole nitrogens is 1. The molecule has 1 amide bonds. The third kappa shape index (κ3) is 3.84. The Hall–Kier alpha value is -1.82. The second-order valence-corrected chi connectivity index (χ2v) is 5.84. The molecule has 2 N–H and O–H groups in total. The molecule has 0 spiro atoms. The summed E-state index contributed by atoms with van der Waals surface area (Å²) in [5.74, 6) is 0.607. The second kappa shape index (κ2) is 6.56. The summed E-state index contributed by atoms with van der Waals surface area (Å²) in [5, 5.41) is 3.85. The summed E-state index contributed by atoms with van der Waals surface area (Å²) in [4.78, 5) is 30.5. The minimum atomic E-state index is -0.180. The summed E-state index contributed by atoms with van der Waals surface area (Å²) < 4.78 is 0. The smallest absolute Gasteiger partial charge is 0.259 e. The highest BCUT2D eigenvalue weighted by Gasteiger charge is 2.07. The number of carbonyl (C=O) groups excluding carboxylic acids is 1. The van der Waals surface area contributed by atoms with Crippen molar-refractivity contribution in [2.75, 3.05) is 12.3 Å². The molecule has 0 radical (unpaired) electrons. The van der Waals surface area contributed by atoms with Gasteiger partial charge in [0.25, 0.3) is 5.56 Å². The molecule has 0 saturated carbocycles. The number of hydrogen-bond acceptors (Lipinski definition) is 4. The summed E-state index contributed by atoms with van der Waals surface area (Å²) in [5.41, 5.74) is 0.460. The average Bonchev–Trinajstić information content (AvgIpc) is 2.43. The van der Waals surface area contributed by atoms with Crippen molar-refractivity contribution in [3.05, 3.63) is 34.6 Å². The van der Waals surface area contributed by atoms with Gasteiger partial charge < -0.3 is 10.3 Å². The molecule has 2 aromatic rings. The molecule has 5 nitrogen and oxygen atoms in total. The molecule has 2 rings (SSSR count). The number of para-hydroxylation sites is 1. The molecule has 6 heteroatoms. The van der Waals surface area contributed by atoms with E-state index in [9.17, 15) is 9.59 Å². The molecule has 1 heterocycles. The molecule has 106 valence electrons. The number of fused-ring (bicyclic) bond motifs is 1. The van der Waals surface area contributed by atoms with Gasteiger partial charge in [-0.3, -0.25) is 9.59 Å². The van der Waals surface area contributed by atoms with Gasteiger partial charge in [-0.25, -0.2) is 4.98 Å². The fraction of sp³-hybridized carbons (Fsp3) is 0.357. The van der Waals surface area contributed by atoms with Crippen LogP contribution in [0.2, 0.25) is 0 Å². The number of benzene rings is 1. The van der Waals surface area contributed by atoms with E-state index in [1.165, 1.54) is 11.8 Å². The van der Waals surface area contributed by atoms with Gasteiger partial charge in [-0.15, -0.1) is 0 Å². The maximum Gasteiger partial charge on any atom is 0.259 e. The number of nitrogens with one attached hydrogen (secondary N) is 2. The lowest BCUT2D eigenvalue weighted by atomic mass is 10.2. The van der Waals surface area contributed by atoms with Crippen molar-refractivity contribution in [2.24, 2.45) is 5.92 Å². The Bertz CT molecular complexity index is 667. The fourth-order valence-corrected chi connectivity index (χ4v) is 2.33. The van der Waals surface area contributed by atoms with Gasteiger partial charge in [-0.2, -0.15) is 0 Å². The Morgan fingerprint density at radius 1 is 1.40 bits per heavy atom. The standard InChI is InChI=1S/C14H17N3O2S/c1-9(2)7-15-12(18)8-20-14-16-11-6-4-3-5-10(11)13(19)17-14/h3-6,9H,7-8H2,1-2H3,(H,15,18)(H,16,17,19). The van der Waals surface area contributed by atoms with Gasteiger partial charge in [0.15, 0.2) is 5.16 Å². The summed E-state index contributed by atoms with van der Waals surface area (Å²) in [7, 11) is 0. The van der Waals surface area contributed by atoms with Crippen molar-refractivity contribution in [2.45, 2.75) is 19.0 Å². The van der Waals surface area contributed by atoms with E-state index < -0.39 is 0 Å². The zero-order valence-corrected chi connectivity index (χ0v) is 12.3. The lowest BCUT2D eigenvalue weighted by Gasteiger charge is -2.07. The zero-order valence-electron chi connectivity index (χ0n) is 11.5. The van der Waals surface area contributed by atoms with Gasteiger partial charge in [-0.1, -0.05) is 37.7 Å². The SMILES string of the molecule is CC(C)CNC(=O)CSc1nc2ccccc2c(=O)[nH]1. The third-order valence-corrected chi connectivity index (χ3v) is 3.51. The van der Waals surface area contributed by atoms with Gasteiger partial charge in [0.05, 0.1) is 16.7 Å². The molecule has 0 aliphatic rings. The first-order valence-electron chi connectivity index (χ1n) is 6.45. The number of nitrogens with zero attached hydrogens (tertiary/aromatic N) is 1. The molecule has 0 aliphatic carbocycles. The van der Waals surface area contributed by atoms with Crippen molar-refractivity contribution in [3.8, 4) is 0 Å². The van der Waals surface area contributed by atoms with Crippen LogP contribution in [0.25, 0.3) is 10.9 Å². The summed E-state index contributed by atoms with van der Waals surface area (Å²) in [6.07, 6.45) is 0. The summed E-state index contributed by atoms with van der Waals surface area (Å²) >= 11 is 1.23. The van der Waals surface area contributed by atoms with Crippen LogP contribution in [0.4, 0.5) is 0 Å². The van der Waals surface area contributed by atoms with E-state index in [1.54, 1.807) is 18.2 Å². The van der Waals surface area contributed by atoms with Crippen molar-refractivity contribution >= 4 is 28.6 Å². The predicted molar refractivity (Wildman–Crippen MR) is 80.9 cm³/mol. The van der Waals surface area contributed by atoms with Crippen molar-refractivity contribution in [1.29, 1.82) is 0 Å². The van der Waals surface area contributed by atoms with Crippen LogP contribution in [0.5, 0.6) is 0 Å². The quantitative estimate of drug-likeness (QED) is 0.650. The van der Waals surface area contributed by atoms with E-state index in [4.69, 9.17) is 0 Å². The molecule has 0 atom stereocenters. The van der Waals surface area contributed by atoms with Crippen molar-refractivity contribution in [1.82, 2.24) is 15.3 Å². The molecule has 0 fully saturated rings. The number of amides is 1. The van der Waals surface area contributed by atoms with Crippen LogP contribution in [-0.4, -0.2) is 28.2 Å². The minimum absolute atomic E-state index is 0.0560. The van der Waals surface area contributed by atoms with Gasteiger partial charge >= 0.3 is 0 Å². The lowest BCUT2D eigenvalue weighted by molar-refractivity contribution is -0.118. The highest BCUT2D eigenvalue weighted by atomic mass is 32.2. The highest BCUT2D eigenvalue weighted by molar-refractivity contribution is 7.99. The Balaban J connectivity index is 2.03. The topological polar surface area (TPSA) is 74.8 Å².